The summed E-state index contributed by atoms with van der Waals surface area (Å²) < 4.78 is 13.1. The van der Waals surface area contributed by atoms with Gasteiger partial charge in [-0.1, -0.05) is 23.7 Å². The SMILES string of the molecule is Cc1cc2c(cc(C(=O)NCCCN3CCOCC3)n2Cc2cccc(Cl)c2)o1. The normalized spacial score (nSPS) is 15.1. The van der Waals surface area contributed by atoms with Crippen LogP contribution in [0.3, 0.4) is 0 Å². The van der Waals surface area contributed by atoms with E-state index in [1.807, 2.05) is 47.9 Å². The topological polar surface area (TPSA) is 59.6 Å². The molecule has 1 aromatic carbocycles. The number of aromatic nitrogens is 1. The maximum absolute atomic E-state index is 12.9. The van der Waals surface area contributed by atoms with E-state index in [0.717, 1.165) is 61.7 Å². The summed E-state index contributed by atoms with van der Waals surface area (Å²) in [5, 5.41) is 3.74. The molecule has 154 valence electrons. The standard InChI is InChI=1S/C22H26ClN3O3/c1-16-12-19-21(29-16)14-20(26(19)15-17-4-2-5-18(23)13-17)22(27)24-6-3-7-25-8-10-28-11-9-25/h2,4-5,12-14H,3,6-11,15H2,1H3,(H,24,27). The minimum absolute atomic E-state index is 0.0851. The van der Waals surface area contributed by atoms with Crippen LogP contribution in [-0.4, -0.2) is 54.8 Å². The summed E-state index contributed by atoms with van der Waals surface area (Å²) in [7, 11) is 0. The summed E-state index contributed by atoms with van der Waals surface area (Å²) >= 11 is 6.14. The van der Waals surface area contributed by atoms with Gasteiger partial charge in [-0.15, -0.1) is 0 Å². The molecule has 2 aromatic heterocycles. The number of carbonyl (C=O) groups is 1. The molecule has 7 heteroatoms. The molecule has 0 aliphatic carbocycles. The Morgan fingerprint density at radius 3 is 2.83 bits per heavy atom. The average molecular weight is 416 g/mol. The molecule has 0 atom stereocenters. The molecule has 3 heterocycles. The highest BCUT2D eigenvalue weighted by Crippen LogP contribution is 2.25. The van der Waals surface area contributed by atoms with Gasteiger partial charge in [-0.2, -0.15) is 0 Å². The van der Waals surface area contributed by atoms with E-state index in [-0.39, 0.29) is 5.91 Å². The largest absolute Gasteiger partial charge is 0.460 e. The second kappa shape index (κ2) is 9.03. The Morgan fingerprint density at radius 1 is 1.21 bits per heavy atom. The van der Waals surface area contributed by atoms with E-state index in [1.54, 1.807) is 0 Å². The summed E-state index contributed by atoms with van der Waals surface area (Å²) in [6.45, 7) is 7.59. The lowest BCUT2D eigenvalue weighted by molar-refractivity contribution is 0.0374. The van der Waals surface area contributed by atoms with Crippen LogP contribution in [0, 0.1) is 6.92 Å². The zero-order chi connectivity index (χ0) is 20.2. The van der Waals surface area contributed by atoms with Crippen LogP contribution >= 0.6 is 11.6 Å². The molecule has 1 aliphatic heterocycles. The van der Waals surface area contributed by atoms with Gasteiger partial charge in [0, 0.05) is 43.3 Å². The Balaban J connectivity index is 1.45. The number of halogens is 1. The molecule has 0 spiro atoms. The number of rotatable bonds is 7. The first-order valence-corrected chi connectivity index (χ1v) is 10.4. The van der Waals surface area contributed by atoms with Crippen molar-refractivity contribution >= 4 is 28.6 Å². The van der Waals surface area contributed by atoms with Crippen LogP contribution in [0.5, 0.6) is 0 Å². The highest BCUT2D eigenvalue weighted by molar-refractivity contribution is 6.30. The minimum atomic E-state index is -0.0851. The van der Waals surface area contributed by atoms with Crippen molar-refractivity contribution in [2.24, 2.45) is 0 Å². The number of carbonyl (C=O) groups excluding carboxylic acids is 1. The van der Waals surface area contributed by atoms with Crippen LogP contribution in [0.1, 0.15) is 28.2 Å². The van der Waals surface area contributed by atoms with Crippen molar-refractivity contribution in [3.8, 4) is 0 Å². The van der Waals surface area contributed by atoms with Gasteiger partial charge in [-0.25, -0.2) is 0 Å². The van der Waals surface area contributed by atoms with Gasteiger partial charge in [0.2, 0.25) is 0 Å². The first-order chi connectivity index (χ1) is 14.1. The number of hydrogen-bond donors (Lipinski definition) is 1. The lowest BCUT2D eigenvalue weighted by Crippen LogP contribution is -2.38. The Kier molecular flexibility index (Phi) is 6.23. The van der Waals surface area contributed by atoms with Crippen molar-refractivity contribution in [1.82, 2.24) is 14.8 Å². The molecule has 0 unspecified atom stereocenters. The summed E-state index contributed by atoms with van der Waals surface area (Å²) in [6.07, 6.45) is 0.913. The third kappa shape index (κ3) is 4.83. The Labute approximate surface area is 175 Å². The van der Waals surface area contributed by atoms with E-state index in [9.17, 15) is 4.79 Å². The van der Waals surface area contributed by atoms with Gasteiger partial charge in [0.15, 0.2) is 5.58 Å². The number of amides is 1. The van der Waals surface area contributed by atoms with Crippen molar-refractivity contribution in [3.05, 3.63) is 58.4 Å². The third-order valence-electron chi connectivity index (χ3n) is 5.22. The van der Waals surface area contributed by atoms with Gasteiger partial charge in [0.05, 0.1) is 18.7 Å². The number of hydrogen-bond acceptors (Lipinski definition) is 4. The molecule has 0 radical (unpaired) electrons. The van der Waals surface area contributed by atoms with Crippen molar-refractivity contribution in [2.75, 3.05) is 39.4 Å². The molecule has 0 saturated carbocycles. The van der Waals surface area contributed by atoms with E-state index < -0.39 is 0 Å². The molecule has 0 bridgehead atoms. The third-order valence-corrected chi connectivity index (χ3v) is 5.45. The van der Waals surface area contributed by atoms with Crippen LogP contribution in [0.25, 0.3) is 11.1 Å². The fourth-order valence-corrected chi connectivity index (χ4v) is 3.97. The predicted molar refractivity (Wildman–Crippen MR) is 114 cm³/mol. The van der Waals surface area contributed by atoms with Crippen LogP contribution in [0.4, 0.5) is 0 Å². The Bertz CT molecular complexity index is 989. The van der Waals surface area contributed by atoms with Gasteiger partial charge in [-0.3, -0.25) is 9.69 Å². The van der Waals surface area contributed by atoms with E-state index in [0.29, 0.717) is 23.8 Å². The minimum Gasteiger partial charge on any atom is -0.460 e. The summed E-state index contributed by atoms with van der Waals surface area (Å²) in [6, 6.07) is 11.5. The predicted octanol–water partition coefficient (Wildman–Crippen LogP) is 3.70. The van der Waals surface area contributed by atoms with Crippen LogP contribution in [0.15, 0.2) is 40.8 Å². The van der Waals surface area contributed by atoms with E-state index in [4.69, 9.17) is 20.8 Å². The quantitative estimate of drug-likeness (QED) is 0.598. The summed E-state index contributed by atoms with van der Waals surface area (Å²) in [5.74, 6) is 0.741. The van der Waals surface area contributed by atoms with Gasteiger partial charge in [-0.05, 0) is 37.6 Å². The van der Waals surface area contributed by atoms with E-state index in [1.165, 1.54) is 0 Å². The zero-order valence-electron chi connectivity index (χ0n) is 16.6. The summed E-state index contributed by atoms with van der Waals surface area (Å²) in [4.78, 5) is 15.3. The molecule has 1 saturated heterocycles. The van der Waals surface area contributed by atoms with Crippen molar-refractivity contribution in [1.29, 1.82) is 0 Å². The number of nitrogens with one attached hydrogen (secondary N) is 1. The van der Waals surface area contributed by atoms with Gasteiger partial charge in [0.1, 0.15) is 11.5 Å². The van der Waals surface area contributed by atoms with Crippen LogP contribution < -0.4 is 5.32 Å². The zero-order valence-corrected chi connectivity index (χ0v) is 17.4. The number of ether oxygens (including phenoxy) is 1. The lowest BCUT2D eigenvalue weighted by atomic mass is 10.2. The lowest BCUT2D eigenvalue weighted by Gasteiger charge is -2.26. The maximum atomic E-state index is 12.9. The summed E-state index contributed by atoms with van der Waals surface area (Å²) in [5.41, 5.74) is 3.28. The first kappa shape index (κ1) is 20.0. The van der Waals surface area contributed by atoms with Crippen molar-refractivity contribution in [2.45, 2.75) is 19.9 Å². The number of nitrogens with zero attached hydrogens (tertiary/aromatic N) is 2. The average Bonchev–Trinajstić information content (AvgIpc) is 3.23. The number of benzene rings is 1. The number of aryl methyl sites for hydroxylation is 1. The highest BCUT2D eigenvalue weighted by Gasteiger charge is 2.19. The molecular formula is C22H26ClN3O3. The number of furan rings is 1. The van der Waals surface area contributed by atoms with Gasteiger partial charge >= 0.3 is 0 Å². The molecule has 1 N–H and O–H groups in total. The second-order valence-electron chi connectivity index (χ2n) is 7.42. The van der Waals surface area contributed by atoms with Gasteiger partial charge < -0.3 is 19.0 Å². The highest BCUT2D eigenvalue weighted by atomic mass is 35.5. The number of morpholine rings is 1. The molecule has 1 amide bonds. The van der Waals surface area contributed by atoms with E-state index >= 15 is 0 Å². The smallest absolute Gasteiger partial charge is 0.268 e. The van der Waals surface area contributed by atoms with Gasteiger partial charge in [0.25, 0.3) is 5.91 Å². The number of fused-ring (bicyclic) bond motifs is 1. The monoisotopic (exact) mass is 415 g/mol. The molecule has 29 heavy (non-hydrogen) atoms. The molecule has 4 rings (SSSR count). The molecule has 3 aromatic rings. The second-order valence-corrected chi connectivity index (χ2v) is 7.85. The van der Waals surface area contributed by atoms with E-state index in [2.05, 4.69) is 10.2 Å². The Morgan fingerprint density at radius 2 is 2.03 bits per heavy atom. The molecule has 1 fully saturated rings. The van der Waals surface area contributed by atoms with Crippen LogP contribution in [0.2, 0.25) is 5.02 Å². The van der Waals surface area contributed by atoms with Crippen molar-refractivity contribution < 1.29 is 13.9 Å². The maximum Gasteiger partial charge on any atom is 0.268 e. The van der Waals surface area contributed by atoms with Crippen molar-refractivity contribution in [3.63, 3.8) is 0 Å². The fourth-order valence-electron chi connectivity index (χ4n) is 3.76. The first-order valence-electron chi connectivity index (χ1n) is 10.0. The molecule has 1 aliphatic rings. The van der Waals surface area contributed by atoms with Crippen LogP contribution in [-0.2, 0) is 11.3 Å². The fraction of sp³-hybridized carbons (Fsp3) is 0.409. The molecule has 6 nitrogen and oxygen atoms in total. The Hall–Kier alpha value is -2.28. The molecular weight excluding hydrogens is 390 g/mol.